The van der Waals surface area contributed by atoms with Gasteiger partial charge in [0, 0.05) is 32.2 Å². The van der Waals surface area contributed by atoms with Crippen LogP contribution in [0.2, 0.25) is 0 Å². The molecule has 0 N–H and O–H groups in total. The number of hydrogen-bond donors (Lipinski definition) is 0. The lowest BCUT2D eigenvalue weighted by Crippen LogP contribution is -2.47. The highest BCUT2D eigenvalue weighted by Gasteiger charge is 2.37. The van der Waals surface area contributed by atoms with Gasteiger partial charge in [-0.05, 0) is 28.8 Å². The third kappa shape index (κ3) is 3.07. The molecule has 5 heteroatoms. The summed E-state index contributed by atoms with van der Waals surface area (Å²) in [7, 11) is 0. The molecule has 0 spiro atoms. The van der Waals surface area contributed by atoms with Gasteiger partial charge in [0.2, 0.25) is 0 Å². The van der Waals surface area contributed by atoms with Crippen LogP contribution in [0.1, 0.15) is 41.9 Å². The Kier molecular flexibility index (Phi) is 4.85. The molecular formula is C17H26N2O2S. The van der Waals surface area contributed by atoms with Crippen molar-refractivity contribution in [3.8, 4) is 0 Å². The molecule has 4 nitrogen and oxygen atoms in total. The number of hydrogen-bond acceptors (Lipinski definition) is 4. The Hall–Kier alpha value is -0.910. The highest BCUT2D eigenvalue weighted by Crippen LogP contribution is 2.29. The lowest BCUT2D eigenvalue weighted by molar-refractivity contribution is 0.0119. The molecule has 0 aliphatic carbocycles. The number of morpholine rings is 1. The summed E-state index contributed by atoms with van der Waals surface area (Å²) in [5, 5.41) is 2.04. The van der Waals surface area contributed by atoms with Gasteiger partial charge in [-0.1, -0.05) is 20.8 Å². The second kappa shape index (κ2) is 6.69. The van der Waals surface area contributed by atoms with E-state index < -0.39 is 0 Å². The van der Waals surface area contributed by atoms with Gasteiger partial charge in [0.05, 0.1) is 18.1 Å². The fourth-order valence-electron chi connectivity index (χ4n) is 3.59. The van der Waals surface area contributed by atoms with Gasteiger partial charge in [0.15, 0.2) is 0 Å². The van der Waals surface area contributed by atoms with E-state index >= 15 is 0 Å². The SMILES string of the molecule is CC(C)c1ccsc1C(=O)N1C[C@@H](N2CCOCC2)[C@@H](C)C1. The second-order valence-electron chi connectivity index (χ2n) is 6.76. The summed E-state index contributed by atoms with van der Waals surface area (Å²) in [5.41, 5.74) is 1.19. The number of carbonyl (C=O) groups excluding carboxylic acids is 1. The minimum absolute atomic E-state index is 0.223. The largest absolute Gasteiger partial charge is 0.379 e. The molecule has 1 amide bonds. The number of carbonyl (C=O) groups is 1. The first kappa shape index (κ1) is 16.0. The number of likely N-dealkylation sites (tertiary alicyclic amines) is 1. The third-order valence-corrected chi connectivity index (χ3v) is 5.80. The quantitative estimate of drug-likeness (QED) is 0.858. The second-order valence-corrected chi connectivity index (χ2v) is 7.68. The van der Waals surface area contributed by atoms with E-state index in [2.05, 4.69) is 36.6 Å². The van der Waals surface area contributed by atoms with Crippen LogP contribution in [-0.2, 0) is 4.74 Å². The monoisotopic (exact) mass is 322 g/mol. The lowest BCUT2D eigenvalue weighted by atomic mass is 10.0. The Morgan fingerprint density at radius 3 is 2.73 bits per heavy atom. The van der Waals surface area contributed by atoms with Crippen molar-refractivity contribution in [3.63, 3.8) is 0 Å². The molecule has 3 rings (SSSR count). The Balaban J connectivity index is 1.70. The predicted octanol–water partition coefficient (Wildman–Crippen LogP) is 2.66. The third-order valence-electron chi connectivity index (χ3n) is 4.89. The normalized spacial score (nSPS) is 26.8. The minimum atomic E-state index is 0.223. The van der Waals surface area contributed by atoms with Crippen LogP contribution < -0.4 is 0 Å². The summed E-state index contributed by atoms with van der Waals surface area (Å²) in [6.07, 6.45) is 0. The molecule has 1 aromatic heterocycles. The average molecular weight is 322 g/mol. The Labute approximate surface area is 137 Å². The van der Waals surface area contributed by atoms with Crippen molar-refractivity contribution in [2.75, 3.05) is 39.4 Å². The molecular weight excluding hydrogens is 296 g/mol. The van der Waals surface area contributed by atoms with Gasteiger partial charge in [0.1, 0.15) is 0 Å². The van der Waals surface area contributed by atoms with E-state index in [9.17, 15) is 4.79 Å². The van der Waals surface area contributed by atoms with E-state index in [1.54, 1.807) is 11.3 Å². The van der Waals surface area contributed by atoms with Crippen molar-refractivity contribution in [2.24, 2.45) is 5.92 Å². The van der Waals surface area contributed by atoms with E-state index in [-0.39, 0.29) is 5.91 Å². The molecule has 122 valence electrons. The van der Waals surface area contributed by atoms with Gasteiger partial charge in [-0.25, -0.2) is 0 Å². The molecule has 2 aliphatic rings. The number of nitrogens with zero attached hydrogens (tertiary/aromatic N) is 2. The van der Waals surface area contributed by atoms with Crippen LogP contribution in [0.4, 0.5) is 0 Å². The zero-order valence-corrected chi connectivity index (χ0v) is 14.6. The molecule has 0 saturated carbocycles. The molecule has 3 heterocycles. The fraction of sp³-hybridized carbons (Fsp3) is 0.706. The van der Waals surface area contributed by atoms with E-state index in [1.165, 1.54) is 5.56 Å². The fourth-order valence-corrected chi connectivity index (χ4v) is 4.61. The molecule has 0 unspecified atom stereocenters. The average Bonchev–Trinajstić information content (AvgIpc) is 3.14. The van der Waals surface area contributed by atoms with Gasteiger partial charge >= 0.3 is 0 Å². The molecule has 2 atom stereocenters. The van der Waals surface area contributed by atoms with Gasteiger partial charge < -0.3 is 9.64 Å². The van der Waals surface area contributed by atoms with Crippen LogP contribution in [0.3, 0.4) is 0 Å². The Morgan fingerprint density at radius 2 is 2.05 bits per heavy atom. The maximum absolute atomic E-state index is 12.9. The molecule has 22 heavy (non-hydrogen) atoms. The molecule has 2 fully saturated rings. The Morgan fingerprint density at radius 1 is 1.32 bits per heavy atom. The van der Waals surface area contributed by atoms with Gasteiger partial charge in [-0.3, -0.25) is 9.69 Å². The van der Waals surface area contributed by atoms with E-state index in [0.717, 1.165) is 44.3 Å². The van der Waals surface area contributed by atoms with Gasteiger partial charge in [0.25, 0.3) is 5.91 Å². The maximum atomic E-state index is 12.9. The summed E-state index contributed by atoms with van der Waals surface area (Å²) in [6, 6.07) is 2.58. The zero-order valence-electron chi connectivity index (χ0n) is 13.7. The summed E-state index contributed by atoms with van der Waals surface area (Å²) in [5.74, 6) is 1.16. The lowest BCUT2D eigenvalue weighted by Gasteiger charge is -2.34. The number of thiophene rings is 1. The summed E-state index contributed by atoms with van der Waals surface area (Å²) >= 11 is 1.59. The number of ether oxygens (including phenoxy) is 1. The van der Waals surface area contributed by atoms with Crippen LogP contribution in [0.15, 0.2) is 11.4 Å². The van der Waals surface area contributed by atoms with Crippen molar-refractivity contribution in [1.29, 1.82) is 0 Å². The van der Waals surface area contributed by atoms with Crippen LogP contribution in [0.25, 0.3) is 0 Å². The van der Waals surface area contributed by atoms with Gasteiger partial charge in [-0.2, -0.15) is 0 Å². The highest BCUT2D eigenvalue weighted by molar-refractivity contribution is 7.12. The number of amides is 1. The first-order valence-corrected chi connectivity index (χ1v) is 9.14. The Bertz CT molecular complexity index is 522. The maximum Gasteiger partial charge on any atom is 0.264 e. The van der Waals surface area contributed by atoms with Gasteiger partial charge in [-0.15, -0.1) is 11.3 Å². The van der Waals surface area contributed by atoms with Crippen molar-refractivity contribution >= 4 is 17.2 Å². The molecule has 0 radical (unpaired) electrons. The van der Waals surface area contributed by atoms with Crippen LogP contribution in [0, 0.1) is 5.92 Å². The van der Waals surface area contributed by atoms with Crippen LogP contribution in [-0.4, -0.2) is 61.1 Å². The molecule has 0 bridgehead atoms. The predicted molar refractivity (Wildman–Crippen MR) is 89.7 cm³/mol. The van der Waals surface area contributed by atoms with Crippen LogP contribution >= 0.6 is 11.3 Å². The van der Waals surface area contributed by atoms with Crippen LogP contribution in [0.5, 0.6) is 0 Å². The summed E-state index contributed by atoms with van der Waals surface area (Å²) in [6.45, 7) is 11.9. The first-order valence-electron chi connectivity index (χ1n) is 8.26. The van der Waals surface area contributed by atoms with E-state index in [0.29, 0.717) is 17.9 Å². The highest BCUT2D eigenvalue weighted by atomic mass is 32.1. The zero-order chi connectivity index (χ0) is 15.7. The smallest absolute Gasteiger partial charge is 0.264 e. The molecule has 2 aliphatic heterocycles. The molecule has 2 saturated heterocycles. The van der Waals surface area contributed by atoms with Crippen molar-refractivity contribution in [3.05, 3.63) is 21.9 Å². The van der Waals surface area contributed by atoms with E-state index in [1.807, 2.05) is 5.38 Å². The molecule has 1 aromatic rings. The van der Waals surface area contributed by atoms with Crippen molar-refractivity contribution in [1.82, 2.24) is 9.80 Å². The van der Waals surface area contributed by atoms with Crippen molar-refractivity contribution in [2.45, 2.75) is 32.7 Å². The summed E-state index contributed by atoms with van der Waals surface area (Å²) < 4.78 is 5.45. The first-order chi connectivity index (χ1) is 10.6. The van der Waals surface area contributed by atoms with Crippen molar-refractivity contribution < 1.29 is 9.53 Å². The minimum Gasteiger partial charge on any atom is -0.379 e. The summed E-state index contributed by atoms with van der Waals surface area (Å²) in [4.78, 5) is 18.4. The topological polar surface area (TPSA) is 32.8 Å². The number of rotatable bonds is 3. The van der Waals surface area contributed by atoms with E-state index in [4.69, 9.17) is 4.74 Å². The molecule has 0 aromatic carbocycles. The standard InChI is InChI=1S/C17H26N2O2S/c1-12(2)14-4-9-22-16(14)17(20)19-10-13(3)15(11-19)18-5-7-21-8-6-18/h4,9,12-13,15H,5-8,10-11H2,1-3H3/t13-,15+/m0/s1.